The highest BCUT2D eigenvalue weighted by atomic mass is 16.6. The molecular weight excluding hydrogens is 254 g/mol. The summed E-state index contributed by atoms with van der Waals surface area (Å²) in [7, 11) is 0. The lowest BCUT2D eigenvalue weighted by Crippen LogP contribution is -2.74. The average molecular weight is 279 g/mol. The normalized spacial score (nSPS) is 58.1. The summed E-state index contributed by atoms with van der Waals surface area (Å²) in [5, 5.41) is 24.5. The minimum atomic E-state index is -0.461. The quantitative estimate of drug-likeness (QED) is 0.545. The van der Waals surface area contributed by atoms with Crippen LogP contribution in [0.4, 0.5) is 0 Å². The van der Waals surface area contributed by atoms with Crippen molar-refractivity contribution in [2.45, 2.75) is 63.5 Å². The molecule has 20 heavy (non-hydrogen) atoms. The molecule has 4 aliphatic rings. The Morgan fingerprint density at radius 3 is 2.95 bits per heavy atom. The summed E-state index contributed by atoms with van der Waals surface area (Å²) in [6.45, 7) is 3.25. The number of carbonyl (C=O) groups excluding carboxylic acids is 1. The molecular formula is C16H25NO3. The Bertz CT molecular complexity index is 467. The van der Waals surface area contributed by atoms with E-state index in [2.05, 4.69) is 0 Å². The van der Waals surface area contributed by atoms with Crippen LogP contribution in [-0.2, 0) is 4.79 Å². The number of aliphatic hydroxyl groups excluding tert-OH is 1. The number of hydroxylamine groups is 3. The molecule has 0 aromatic rings. The minimum absolute atomic E-state index is 0.0187. The van der Waals surface area contributed by atoms with E-state index >= 15 is 0 Å². The number of piperidine rings is 1. The van der Waals surface area contributed by atoms with Gasteiger partial charge in [0.05, 0.1) is 24.6 Å². The number of hydrogen-bond acceptors (Lipinski definition) is 3. The van der Waals surface area contributed by atoms with Crippen molar-refractivity contribution in [2.24, 2.45) is 17.3 Å². The van der Waals surface area contributed by atoms with Crippen LogP contribution in [0.1, 0.15) is 51.9 Å². The van der Waals surface area contributed by atoms with Gasteiger partial charge in [0.15, 0.2) is 0 Å². The van der Waals surface area contributed by atoms with Crippen LogP contribution in [-0.4, -0.2) is 40.3 Å². The summed E-state index contributed by atoms with van der Waals surface area (Å²) in [4.78, 5) is 12.2. The van der Waals surface area contributed by atoms with Crippen LogP contribution in [0.2, 0.25) is 0 Å². The van der Waals surface area contributed by atoms with Gasteiger partial charge in [0.25, 0.3) is 0 Å². The molecule has 0 amide bonds. The lowest BCUT2D eigenvalue weighted by Gasteiger charge is -2.66. The van der Waals surface area contributed by atoms with E-state index in [1.54, 1.807) is 0 Å². The third-order valence-electron chi connectivity index (χ3n) is 7.30. The first-order valence-electron chi connectivity index (χ1n) is 8.23. The Labute approximate surface area is 120 Å². The van der Waals surface area contributed by atoms with Crippen molar-refractivity contribution in [3.8, 4) is 0 Å². The van der Waals surface area contributed by atoms with Crippen LogP contribution in [0.25, 0.3) is 0 Å². The molecule has 4 rings (SSSR count). The van der Waals surface area contributed by atoms with Crippen molar-refractivity contribution in [1.82, 2.24) is 0 Å². The van der Waals surface area contributed by atoms with Crippen LogP contribution < -0.4 is 0 Å². The molecule has 112 valence electrons. The maximum atomic E-state index is 13.5. The predicted molar refractivity (Wildman–Crippen MR) is 74.5 cm³/mol. The van der Waals surface area contributed by atoms with Crippen LogP contribution >= 0.6 is 0 Å². The minimum Gasteiger partial charge on any atom is -0.632 e. The summed E-state index contributed by atoms with van der Waals surface area (Å²) in [5.41, 5.74) is -0.752. The van der Waals surface area contributed by atoms with Gasteiger partial charge in [0.2, 0.25) is 0 Å². The molecule has 2 aliphatic heterocycles. The zero-order chi connectivity index (χ0) is 14.2. The Morgan fingerprint density at radius 2 is 2.15 bits per heavy atom. The van der Waals surface area contributed by atoms with Gasteiger partial charge in [-0.2, -0.15) is 0 Å². The smallest absolute Gasteiger partial charge is 0.133 e. The van der Waals surface area contributed by atoms with Gasteiger partial charge in [0, 0.05) is 38.0 Å². The second-order valence-corrected chi connectivity index (χ2v) is 7.88. The van der Waals surface area contributed by atoms with Gasteiger partial charge in [-0.15, -0.1) is 0 Å². The molecule has 0 unspecified atom stereocenters. The van der Waals surface area contributed by atoms with Gasteiger partial charge in [0.1, 0.15) is 11.3 Å². The first-order valence-corrected chi connectivity index (χ1v) is 8.23. The zero-order valence-electron chi connectivity index (χ0n) is 12.3. The molecule has 4 nitrogen and oxygen atoms in total. The molecule has 2 saturated heterocycles. The molecule has 1 N–H and O–H groups in total. The van der Waals surface area contributed by atoms with E-state index in [1.165, 1.54) is 0 Å². The highest BCUT2D eigenvalue weighted by molar-refractivity contribution is 5.80. The maximum absolute atomic E-state index is 13.5. The lowest BCUT2D eigenvalue weighted by molar-refractivity contribution is -0.938. The zero-order valence-corrected chi connectivity index (χ0v) is 12.3. The fraction of sp³-hybridized carbons (Fsp3) is 0.938. The van der Waals surface area contributed by atoms with Crippen LogP contribution in [0, 0.1) is 22.5 Å². The Morgan fingerprint density at radius 1 is 1.35 bits per heavy atom. The summed E-state index contributed by atoms with van der Waals surface area (Å²) in [6, 6.07) is 0. The molecule has 4 heteroatoms. The highest BCUT2D eigenvalue weighted by Crippen LogP contribution is 2.69. The van der Waals surface area contributed by atoms with Crippen molar-refractivity contribution in [3.05, 3.63) is 5.21 Å². The van der Waals surface area contributed by atoms with Gasteiger partial charge in [-0.3, -0.25) is 4.79 Å². The number of ketones is 1. The first-order chi connectivity index (χ1) is 9.45. The number of nitrogens with zero attached hydrogens (tertiary/aromatic N) is 1. The summed E-state index contributed by atoms with van der Waals surface area (Å²) < 4.78 is -0.116. The Balaban J connectivity index is 1.91. The van der Waals surface area contributed by atoms with Crippen molar-refractivity contribution < 1.29 is 14.5 Å². The van der Waals surface area contributed by atoms with Gasteiger partial charge in [-0.05, 0) is 18.8 Å². The van der Waals surface area contributed by atoms with E-state index in [1.807, 2.05) is 6.92 Å². The summed E-state index contributed by atoms with van der Waals surface area (Å²) >= 11 is 0. The maximum Gasteiger partial charge on any atom is 0.133 e. The van der Waals surface area contributed by atoms with Gasteiger partial charge in [-0.25, -0.2) is 0 Å². The van der Waals surface area contributed by atoms with E-state index in [4.69, 9.17) is 0 Å². The molecule has 0 bridgehead atoms. The lowest BCUT2D eigenvalue weighted by atomic mass is 9.53. The largest absolute Gasteiger partial charge is 0.632 e. The fourth-order valence-corrected chi connectivity index (χ4v) is 6.69. The molecule has 6 atom stereocenters. The molecule has 0 aromatic carbocycles. The van der Waals surface area contributed by atoms with Crippen molar-refractivity contribution in [3.63, 3.8) is 0 Å². The van der Waals surface area contributed by atoms with Crippen molar-refractivity contribution in [2.75, 3.05) is 13.1 Å². The predicted octanol–water partition coefficient (Wildman–Crippen LogP) is 1.99. The van der Waals surface area contributed by atoms with Crippen LogP contribution in [0.15, 0.2) is 0 Å². The molecule has 0 aromatic heterocycles. The fourth-order valence-electron chi connectivity index (χ4n) is 6.69. The van der Waals surface area contributed by atoms with Gasteiger partial charge < -0.3 is 15.0 Å². The molecule has 2 spiro atoms. The van der Waals surface area contributed by atoms with Gasteiger partial charge in [-0.1, -0.05) is 6.92 Å². The van der Waals surface area contributed by atoms with Crippen LogP contribution in [0.5, 0.6) is 0 Å². The van der Waals surface area contributed by atoms with E-state index in [0.717, 1.165) is 32.1 Å². The topological polar surface area (TPSA) is 60.4 Å². The first kappa shape index (κ1) is 13.2. The number of quaternary nitrogens is 1. The number of rotatable bonds is 0. The Hall–Kier alpha value is -0.450. The monoisotopic (exact) mass is 279 g/mol. The summed E-state index contributed by atoms with van der Waals surface area (Å²) in [6.07, 6.45) is 5.41. The Kier molecular flexibility index (Phi) is 2.54. The SMILES string of the molecule is C[C@H]1C[N@+]2([O-])CCC[C@@]23CC[C@@H]2CCC(=O)C[C@@]23[C@H]1O. The standard InChI is InChI=1S/C16H25NO3/c1-11-10-17(20)8-2-6-15(17)7-5-12-3-4-13(18)9-16(12,15)14(11)19/h11-12,14,19H,2-10H2,1H3/t11-,12-,14-,15-,16-,17+/m0/s1. The molecule has 2 saturated carbocycles. The summed E-state index contributed by atoms with van der Waals surface area (Å²) in [5.74, 6) is 0.682. The second kappa shape index (κ2) is 3.84. The van der Waals surface area contributed by atoms with E-state index in [9.17, 15) is 15.1 Å². The van der Waals surface area contributed by atoms with E-state index in [0.29, 0.717) is 31.8 Å². The highest BCUT2D eigenvalue weighted by Gasteiger charge is 2.75. The number of aliphatic hydroxyl groups is 1. The van der Waals surface area contributed by atoms with E-state index < -0.39 is 11.5 Å². The third-order valence-corrected chi connectivity index (χ3v) is 7.30. The van der Waals surface area contributed by atoms with Gasteiger partial charge >= 0.3 is 0 Å². The van der Waals surface area contributed by atoms with Crippen molar-refractivity contribution in [1.29, 1.82) is 0 Å². The second-order valence-electron chi connectivity index (χ2n) is 7.88. The number of Topliss-reactive ketones (excluding diaryl/α,β-unsaturated/α-hetero) is 1. The number of carbonyl (C=O) groups is 1. The molecule has 0 radical (unpaired) electrons. The molecule has 2 aliphatic carbocycles. The molecule has 4 fully saturated rings. The van der Waals surface area contributed by atoms with E-state index in [-0.39, 0.29) is 21.9 Å². The van der Waals surface area contributed by atoms with Crippen LogP contribution in [0.3, 0.4) is 0 Å². The van der Waals surface area contributed by atoms with Crippen molar-refractivity contribution >= 4 is 5.78 Å². The molecule has 2 heterocycles. The average Bonchev–Trinajstić information content (AvgIpc) is 2.90. The number of hydrogen-bond donors (Lipinski definition) is 1. The third kappa shape index (κ3) is 1.23.